The van der Waals surface area contributed by atoms with Gasteiger partial charge in [0.1, 0.15) is 0 Å². The Morgan fingerprint density at radius 3 is 2.71 bits per heavy atom. The van der Waals surface area contributed by atoms with Gasteiger partial charge in [0.05, 0.1) is 0 Å². The zero-order chi connectivity index (χ0) is 12.5. The van der Waals surface area contributed by atoms with Crippen LogP contribution in [-0.2, 0) is 12.8 Å². The molecule has 1 aliphatic carbocycles. The Labute approximate surface area is 106 Å². The lowest BCUT2D eigenvalue weighted by Gasteiger charge is -2.42. The highest BCUT2D eigenvalue weighted by molar-refractivity contribution is 5.24. The summed E-state index contributed by atoms with van der Waals surface area (Å²) >= 11 is 0. The molecule has 1 aliphatic rings. The predicted octanol–water partition coefficient (Wildman–Crippen LogP) is 4.26. The number of fused-ring (bicyclic) bond motifs is 1. The van der Waals surface area contributed by atoms with E-state index >= 15 is 0 Å². The van der Waals surface area contributed by atoms with Crippen LogP contribution in [0.3, 0.4) is 0 Å². The first-order chi connectivity index (χ1) is 8.08. The molecular weight excluding hydrogens is 206 g/mol. The van der Waals surface area contributed by atoms with Crippen molar-refractivity contribution in [1.29, 1.82) is 0 Å². The van der Waals surface area contributed by atoms with E-state index in [9.17, 15) is 0 Å². The fourth-order valence-electron chi connectivity index (χ4n) is 3.24. The van der Waals surface area contributed by atoms with Crippen molar-refractivity contribution in [2.75, 3.05) is 0 Å². The third-order valence-corrected chi connectivity index (χ3v) is 4.89. The maximum absolute atomic E-state index is 4.56. The van der Waals surface area contributed by atoms with Crippen molar-refractivity contribution in [3.63, 3.8) is 0 Å². The van der Waals surface area contributed by atoms with Crippen molar-refractivity contribution in [1.82, 2.24) is 4.98 Å². The van der Waals surface area contributed by atoms with Crippen LogP contribution in [-0.4, -0.2) is 4.98 Å². The van der Waals surface area contributed by atoms with Crippen LogP contribution in [0, 0.1) is 17.3 Å². The van der Waals surface area contributed by atoms with Crippen LogP contribution in [0.4, 0.5) is 0 Å². The maximum atomic E-state index is 4.56. The summed E-state index contributed by atoms with van der Waals surface area (Å²) in [4.78, 5) is 4.56. The van der Waals surface area contributed by atoms with Crippen molar-refractivity contribution in [3.8, 4) is 0 Å². The van der Waals surface area contributed by atoms with Crippen LogP contribution in [0.15, 0.2) is 18.3 Å². The SMILES string of the molecule is CCC1Cc2ncccc2CC1C(C)(C)CC. The highest BCUT2D eigenvalue weighted by Crippen LogP contribution is 2.43. The Morgan fingerprint density at radius 2 is 2.06 bits per heavy atom. The molecule has 0 amide bonds. The molecule has 1 aromatic heterocycles. The van der Waals surface area contributed by atoms with E-state index in [-0.39, 0.29) is 0 Å². The van der Waals surface area contributed by atoms with Gasteiger partial charge in [0.25, 0.3) is 0 Å². The lowest BCUT2D eigenvalue weighted by atomic mass is 9.63. The molecule has 94 valence electrons. The minimum Gasteiger partial charge on any atom is -0.261 e. The van der Waals surface area contributed by atoms with Gasteiger partial charge in [-0.05, 0) is 41.7 Å². The molecule has 1 heterocycles. The molecule has 0 spiro atoms. The van der Waals surface area contributed by atoms with Crippen molar-refractivity contribution in [2.45, 2.75) is 53.4 Å². The zero-order valence-corrected chi connectivity index (χ0v) is 11.7. The fraction of sp³-hybridized carbons (Fsp3) is 0.688. The maximum Gasteiger partial charge on any atom is 0.0438 e. The molecular formula is C16H25N. The standard InChI is InChI=1S/C16H25N/c1-5-12-11-15-13(8-7-9-17-15)10-14(12)16(3,4)6-2/h7-9,12,14H,5-6,10-11H2,1-4H3. The number of hydrogen-bond donors (Lipinski definition) is 0. The van der Waals surface area contributed by atoms with Crippen molar-refractivity contribution < 1.29 is 0 Å². The van der Waals surface area contributed by atoms with E-state index in [4.69, 9.17) is 0 Å². The first-order valence-corrected chi connectivity index (χ1v) is 7.01. The summed E-state index contributed by atoms with van der Waals surface area (Å²) < 4.78 is 0. The monoisotopic (exact) mass is 231 g/mol. The second kappa shape index (κ2) is 4.80. The molecule has 0 fully saturated rings. The lowest BCUT2D eigenvalue weighted by Crippen LogP contribution is -2.36. The third-order valence-electron chi connectivity index (χ3n) is 4.89. The van der Waals surface area contributed by atoms with Crippen LogP contribution >= 0.6 is 0 Å². The summed E-state index contributed by atoms with van der Waals surface area (Å²) in [6.45, 7) is 9.52. The molecule has 1 aromatic rings. The van der Waals surface area contributed by atoms with Crippen molar-refractivity contribution in [2.24, 2.45) is 17.3 Å². The molecule has 0 aromatic carbocycles. The topological polar surface area (TPSA) is 12.9 Å². The molecule has 0 saturated heterocycles. The van der Waals surface area contributed by atoms with E-state index in [1.165, 1.54) is 36.9 Å². The molecule has 2 rings (SSSR count). The second-order valence-corrected chi connectivity index (χ2v) is 6.13. The first kappa shape index (κ1) is 12.6. The van der Waals surface area contributed by atoms with Gasteiger partial charge in [0.2, 0.25) is 0 Å². The highest BCUT2D eigenvalue weighted by atomic mass is 14.7. The van der Waals surface area contributed by atoms with E-state index in [1.54, 1.807) is 0 Å². The molecule has 0 bridgehead atoms. The van der Waals surface area contributed by atoms with Gasteiger partial charge >= 0.3 is 0 Å². The Balaban J connectivity index is 2.30. The second-order valence-electron chi connectivity index (χ2n) is 6.13. The van der Waals surface area contributed by atoms with Gasteiger partial charge in [-0.25, -0.2) is 0 Å². The summed E-state index contributed by atoms with van der Waals surface area (Å²) in [7, 11) is 0. The zero-order valence-electron chi connectivity index (χ0n) is 11.7. The number of hydrogen-bond acceptors (Lipinski definition) is 1. The smallest absolute Gasteiger partial charge is 0.0438 e. The van der Waals surface area contributed by atoms with Gasteiger partial charge in [-0.3, -0.25) is 4.98 Å². The van der Waals surface area contributed by atoms with Gasteiger partial charge in [-0.15, -0.1) is 0 Å². The van der Waals surface area contributed by atoms with Gasteiger partial charge in [0.15, 0.2) is 0 Å². The average molecular weight is 231 g/mol. The van der Waals surface area contributed by atoms with Crippen molar-refractivity contribution >= 4 is 0 Å². The molecule has 0 saturated carbocycles. The van der Waals surface area contributed by atoms with Crippen LogP contribution in [0.25, 0.3) is 0 Å². The lowest BCUT2D eigenvalue weighted by molar-refractivity contribution is 0.117. The highest BCUT2D eigenvalue weighted by Gasteiger charge is 2.37. The number of aromatic nitrogens is 1. The average Bonchev–Trinajstić information content (AvgIpc) is 2.37. The summed E-state index contributed by atoms with van der Waals surface area (Å²) in [6, 6.07) is 4.36. The van der Waals surface area contributed by atoms with Crippen LogP contribution in [0.2, 0.25) is 0 Å². The van der Waals surface area contributed by atoms with Gasteiger partial charge in [0, 0.05) is 11.9 Å². The number of nitrogens with zero attached hydrogens (tertiary/aromatic N) is 1. The minimum atomic E-state index is 0.453. The van der Waals surface area contributed by atoms with Crippen LogP contribution in [0.5, 0.6) is 0 Å². The van der Waals surface area contributed by atoms with E-state index < -0.39 is 0 Å². The largest absolute Gasteiger partial charge is 0.261 e. The quantitative estimate of drug-likeness (QED) is 0.757. The Bertz CT molecular complexity index is 381. The van der Waals surface area contributed by atoms with Gasteiger partial charge < -0.3 is 0 Å². The molecule has 0 N–H and O–H groups in total. The summed E-state index contributed by atoms with van der Waals surface area (Å²) in [5.41, 5.74) is 3.29. The third kappa shape index (κ3) is 2.38. The molecule has 17 heavy (non-hydrogen) atoms. The molecule has 0 radical (unpaired) electrons. The molecule has 0 aliphatic heterocycles. The van der Waals surface area contributed by atoms with E-state index in [1.807, 2.05) is 6.20 Å². The van der Waals surface area contributed by atoms with Crippen molar-refractivity contribution in [3.05, 3.63) is 29.6 Å². The van der Waals surface area contributed by atoms with E-state index in [0.717, 1.165) is 11.8 Å². The molecule has 2 unspecified atom stereocenters. The Kier molecular flexibility index (Phi) is 3.56. The first-order valence-electron chi connectivity index (χ1n) is 7.01. The summed E-state index contributed by atoms with van der Waals surface area (Å²) in [5, 5.41) is 0. The normalized spacial score (nSPS) is 24.5. The fourth-order valence-corrected chi connectivity index (χ4v) is 3.24. The molecule has 1 heteroatoms. The molecule has 2 atom stereocenters. The molecule has 1 nitrogen and oxygen atoms in total. The van der Waals surface area contributed by atoms with E-state index in [2.05, 4.69) is 44.8 Å². The summed E-state index contributed by atoms with van der Waals surface area (Å²) in [5.74, 6) is 1.63. The number of pyridine rings is 1. The van der Waals surface area contributed by atoms with Crippen LogP contribution < -0.4 is 0 Å². The predicted molar refractivity (Wildman–Crippen MR) is 73.0 cm³/mol. The minimum absolute atomic E-state index is 0.453. The Hall–Kier alpha value is -0.850. The number of rotatable bonds is 3. The van der Waals surface area contributed by atoms with E-state index in [0.29, 0.717) is 5.41 Å². The van der Waals surface area contributed by atoms with Gasteiger partial charge in [-0.1, -0.05) is 46.6 Å². The van der Waals surface area contributed by atoms with Crippen LogP contribution in [0.1, 0.15) is 51.8 Å². The summed E-state index contributed by atoms with van der Waals surface area (Å²) in [6.07, 6.45) is 6.90. The Morgan fingerprint density at radius 1 is 1.29 bits per heavy atom. The van der Waals surface area contributed by atoms with Gasteiger partial charge in [-0.2, -0.15) is 0 Å².